The molecule has 1 fully saturated rings. The molecule has 4 atom stereocenters. The number of aliphatic hydroxyl groups excluding tert-OH is 1. The van der Waals surface area contributed by atoms with Gasteiger partial charge < -0.3 is 10.5 Å². The maximum absolute atomic E-state index is 14.0. The van der Waals surface area contributed by atoms with Crippen LogP contribution in [-0.2, 0) is 16.1 Å². The standard InChI is InChI=1S/C32H28N4O5/c1-20-7-2-4-11-25(20)30(37)28-18-17-27-29(35(28)33-23-13-15-24(16-14-23)36(40)41)32(39)34(31(27)38)19-22-10-6-9-21-8-3-5-12-26(21)22/h2-18,27-30,33,37H,19H2,1H3/t27-,28-,29+,30-/m1/s1. The lowest BCUT2D eigenvalue weighted by Gasteiger charge is -2.41. The molecule has 2 amide bonds. The van der Waals surface area contributed by atoms with E-state index in [9.17, 15) is 24.8 Å². The number of anilines is 1. The summed E-state index contributed by atoms with van der Waals surface area (Å²) in [5.41, 5.74) is 6.06. The highest BCUT2D eigenvalue weighted by Gasteiger charge is 2.53. The van der Waals surface area contributed by atoms with Gasteiger partial charge in [0.15, 0.2) is 0 Å². The third-order valence-corrected chi connectivity index (χ3v) is 7.92. The first kappa shape index (κ1) is 26.4. The Labute approximate surface area is 236 Å². The molecule has 0 bridgehead atoms. The summed E-state index contributed by atoms with van der Waals surface area (Å²) < 4.78 is 0. The average Bonchev–Trinajstić information content (AvgIpc) is 3.22. The summed E-state index contributed by atoms with van der Waals surface area (Å²) in [6, 6.07) is 25.3. The molecule has 6 rings (SSSR count). The molecule has 0 radical (unpaired) electrons. The van der Waals surface area contributed by atoms with Gasteiger partial charge in [0.2, 0.25) is 11.8 Å². The Bertz CT molecular complexity index is 1680. The summed E-state index contributed by atoms with van der Waals surface area (Å²) in [5.74, 6) is -1.46. The second-order valence-electron chi connectivity index (χ2n) is 10.4. The van der Waals surface area contributed by atoms with Gasteiger partial charge in [-0.2, -0.15) is 0 Å². The minimum absolute atomic E-state index is 0.0724. The molecule has 0 aromatic heterocycles. The molecule has 2 heterocycles. The van der Waals surface area contributed by atoms with Gasteiger partial charge in [0, 0.05) is 17.8 Å². The lowest BCUT2D eigenvalue weighted by Crippen LogP contribution is -2.55. The van der Waals surface area contributed by atoms with Crippen LogP contribution in [0, 0.1) is 23.0 Å². The highest BCUT2D eigenvalue weighted by Crippen LogP contribution is 2.38. The number of nitrogens with one attached hydrogen (secondary N) is 1. The summed E-state index contributed by atoms with van der Waals surface area (Å²) in [5, 5.41) is 26.3. The van der Waals surface area contributed by atoms with E-state index < -0.39 is 29.0 Å². The maximum atomic E-state index is 14.0. The number of hydrogen-bond acceptors (Lipinski definition) is 7. The fourth-order valence-corrected chi connectivity index (χ4v) is 5.80. The number of nitrogens with zero attached hydrogens (tertiary/aromatic N) is 3. The van der Waals surface area contributed by atoms with Gasteiger partial charge in [-0.25, -0.2) is 5.01 Å². The SMILES string of the molecule is Cc1ccccc1[C@@H](O)[C@H]1C=C[C@H]2C(=O)N(Cc3cccc4ccccc34)C(=O)[C@H]2N1Nc1ccc([N+](=O)[O-])cc1. The molecule has 2 aliphatic heterocycles. The number of carbonyl (C=O) groups is 2. The summed E-state index contributed by atoms with van der Waals surface area (Å²) in [7, 11) is 0. The van der Waals surface area contributed by atoms with Gasteiger partial charge in [-0.3, -0.25) is 24.6 Å². The smallest absolute Gasteiger partial charge is 0.269 e. The number of nitro benzene ring substituents is 1. The van der Waals surface area contributed by atoms with Gasteiger partial charge in [-0.15, -0.1) is 0 Å². The minimum atomic E-state index is -1.02. The number of amides is 2. The fraction of sp³-hybridized carbons (Fsp3) is 0.188. The molecule has 0 spiro atoms. The van der Waals surface area contributed by atoms with Crippen molar-refractivity contribution in [1.82, 2.24) is 9.91 Å². The quantitative estimate of drug-likeness (QED) is 0.146. The molecule has 2 aliphatic rings. The molecular weight excluding hydrogens is 520 g/mol. The lowest BCUT2D eigenvalue weighted by molar-refractivity contribution is -0.384. The van der Waals surface area contributed by atoms with Crippen molar-refractivity contribution in [3.63, 3.8) is 0 Å². The van der Waals surface area contributed by atoms with Crippen LogP contribution < -0.4 is 5.43 Å². The van der Waals surface area contributed by atoms with E-state index in [2.05, 4.69) is 5.43 Å². The van der Waals surface area contributed by atoms with E-state index in [4.69, 9.17) is 0 Å². The predicted octanol–water partition coefficient (Wildman–Crippen LogP) is 4.91. The molecule has 9 nitrogen and oxygen atoms in total. The van der Waals surface area contributed by atoms with Crippen molar-refractivity contribution in [2.24, 2.45) is 5.92 Å². The molecule has 9 heteroatoms. The van der Waals surface area contributed by atoms with E-state index in [0.717, 1.165) is 21.9 Å². The van der Waals surface area contributed by atoms with Crippen LogP contribution in [0.2, 0.25) is 0 Å². The van der Waals surface area contributed by atoms with Gasteiger partial charge in [0.1, 0.15) is 12.1 Å². The number of hydrogen-bond donors (Lipinski definition) is 2. The van der Waals surface area contributed by atoms with E-state index >= 15 is 0 Å². The van der Waals surface area contributed by atoms with Crippen LogP contribution in [-0.4, -0.2) is 43.8 Å². The Morgan fingerprint density at radius 2 is 1.61 bits per heavy atom. The van der Waals surface area contributed by atoms with Crippen molar-refractivity contribution < 1.29 is 19.6 Å². The fourth-order valence-electron chi connectivity index (χ4n) is 5.80. The number of carbonyl (C=O) groups excluding carboxylic acids is 2. The van der Waals surface area contributed by atoms with Crippen molar-refractivity contribution in [2.45, 2.75) is 31.7 Å². The van der Waals surface area contributed by atoms with Gasteiger partial charge in [-0.1, -0.05) is 78.9 Å². The first-order chi connectivity index (χ1) is 19.8. The Hall–Kier alpha value is -4.86. The Morgan fingerprint density at radius 3 is 2.37 bits per heavy atom. The van der Waals surface area contributed by atoms with E-state index in [0.29, 0.717) is 11.3 Å². The van der Waals surface area contributed by atoms with E-state index in [-0.39, 0.29) is 24.0 Å². The van der Waals surface area contributed by atoms with Gasteiger partial charge in [0.05, 0.1) is 23.4 Å². The van der Waals surface area contributed by atoms with Crippen molar-refractivity contribution in [3.05, 3.63) is 130 Å². The first-order valence-electron chi connectivity index (χ1n) is 13.4. The third kappa shape index (κ3) is 4.75. The van der Waals surface area contributed by atoms with Crippen LogP contribution in [0.1, 0.15) is 22.8 Å². The number of rotatable bonds is 7. The average molecular weight is 549 g/mol. The van der Waals surface area contributed by atoms with E-state index in [1.54, 1.807) is 17.2 Å². The van der Waals surface area contributed by atoms with Gasteiger partial charge >= 0.3 is 0 Å². The van der Waals surface area contributed by atoms with Crippen LogP contribution in [0.4, 0.5) is 11.4 Å². The van der Waals surface area contributed by atoms with Crippen molar-refractivity contribution in [2.75, 3.05) is 5.43 Å². The number of aliphatic hydroxyl groups is 1. The first-order valence-corrected chi connectivity index (χ1v) is 13.4. The van der Waals surface area contributed by atoms with E-state index in [1.807, 2.05) is 73.7 Å². The summed E-state index contributed by atoms with van der Waals surface area (Å²) >= 11 is 0. The topological polar surface area (TPSA) is 116 Å². The molecule has 0 aliphatic carbocycles. The normalized spacial score (nSPS) is 21.2. The number of benzene rings is 4. The maximum Gasteiger partial charge on any atom is 0.269 e. The van der Waals surface area contributed by atoms with E-state index in [1.165, 1.54) is 29.2 Å². The number of fused-ring (bicyclic) bond motifs is 2. The monoisotopic (exact) mass is 548 g/mol. The zero-order valence-electron chi connectivity index (χ0n) is 22.3. The number of nitro groups is 1. The van der Waals surface area contributed by atoms with Crippen LogP contribution >= 0.6 is 0 Å². The molecule has 41 heavy (non-hydrogen) atoms. The third-order valence-electron chi connectivity index (χ3n) is 7.92. The molecule has 1 saturated heterocycles. The number of imide groups is 1. The Balaban J connectivity index is 1.36. The highest BCUT2D eigenvalue weighted by atomic mass is 16.6. The Kier molecular flexibility index (Phi) is 6.82. The number of aryl methyl sites for hydroxylation is 1. The summed E-state index contributed by atoms with van der Waals surface area (Å²) in [4.78, 5) is 39.7. The zero-order chi connectivity index (χ0) is 28.7. The van der Waals surface area contributed by atoms with Gasteiger partial charge in [-0.05, 0) is 46.5 Å². The molecule has 206 valence electrons. The zero-order valence-corrected chi connectivity index (χ0v) is 22.3. The molecule has 2 N–H and O–H groups in total. The molecular formula is C32H28N4O5. The number of non-ortho nitro benzene ring substituents is 1. The lowest BCUT2D eigenvalue weighted by atomic mass is 9.89. The largest absolute Gasteiger partial charge is 0.386 e. The van der Waals surface area contributed by atoms with Crippen LogP contribution in [0.15, 0.2) is 103 Å². The van der Waals surface area contributed by atoms with Crippen molar-refractivity contribution >= 4 is 34.0 Å². The van der Waals surface area contributed by atoms with Crippen LogP contribution in [0.25, 0.3) is 10.8 Å². The van der Waals surface area contributed by atoms with Crippen LogP contribution in [0.5, 0.6) is 0 Å². The molecule has 4 aromatic rings. The molecule has 4 aromatic carbocycles. The van der Waals surface area contributed by atoms with Crippen LogP contribution in [0.3, 0.4) is 0 Å². The second kappa shape index (κ2) is 10.6. The number of likely N-dealkylation sites (tertiary alicyclic amines) is 1. The highest BCUT2D eigenvalue weighted by molar-refractivity contribution is 6.08. The molecule has 0 saturated carbocycles. The number of hydrazine groups is 1. The van der Waals surface area contributed by atoms with Crippen molar-refractivity contribution in [1.29, 1.82) is 0 Å². The van der Waals surface area contributed by atoms with Gasteiger partial charge in [0.25, 0.3) is 5.69 Å². The predicted molar refractivity (Wildman–Crippen MR) is 154 cm³/mol. The molecule has 0 unspecified atom stereocenters. The Morgan fingerprint density at radius 1 is 0.902 bits per heavy atom. The summed E-state index contributed by atoms with van der Waals surface area (Å²) in [6.07, 6.45) is 2.45. The minimum Gasteiger partial charge on any atom is -0.386 e. The second-order valence-corrected chi connectivity index (χ2v) is 10.4. The summed E-state index contributed by atoms with van der Waals surface area (Å²) in [6.45, 7) is 2.02. The van der Waals surface area contributed by atoms with Crippen molar-refractivity contribution in [3.8, 4) is 0 Å².